The lowest BCUT2D eigenvalue weighted by molar-refractivity contribution is 0.0954. The minimum absolute atomic E-state index is 0.140. The summed E-state index contributed by atoms with van der Waals surface area (Å²) in [6.45, 7) is 0.509. The highest BCUT2D eigenvalue weighted by Gasteiger charge is 2.09. The zero-order chi connectivity index (χ0) is 17.1. The molecule has 4 aromatic rings. The SMILES string of the molecule is O=C(NCCc1nc2ccccc2[nH]1)c1cnn(-c2ccccc2)c1. The summed E-state index contributed by atoms with van der Waals surface area (Å²) in [7, 11) is 0. The predicted octanol–water partition coefficient (Wildman–Crippen LogP) is 2.72. The van der Waals surface area contributed by atoms with Gasteiger partial charge in [0.1, 0.15) is 5.82 Å². The number of H-pyrrole nitrogens is 1. The number of benzene rings is 2. The van der Waals surface area contributed by atoms with E-state index >= 15 is 0 Å². The van der Waals surface area contributed by atoms with E-state index in [0.717, 1.165) is 22.5 Å². The van der Waals surface area contributed by atoms with Gasteiger partial charge in [-0.25, -0.2) is 9.67 Å². The van der Waals surface area contributed by atoms with Crippen molar-refractivity contribution in [3.05, 3.63) is 78.4 Å². The molecule has 0 saturated heterocycles. The van der Waals surface area contributed by atoms with Gasteiger partial charge in [0.15, 0.2) is 0 Å². The molecule has 0 saturated carbocycles. The fraction of sp³-hybridized carbons (Fsp3) is 0.105. The minimum Gasteiger partial charge on any atom is -0.351 e. The zero-order valence-electron chi connectivity index (χ0n) is 13.5. The molecule has 6 nitrogen and oxygen atoms in total. The Balaban J connectivity index is 1.37. The molecule has 0 aliphatic heterocycles. The highest BCUT2D eigenvalue weighted by Crippen LogP contribution is 2.10. The highest BCUT2D eigenvalue weighted by molar-refractivity contribution is 5.93. The molecule has 0 atom stereocenters. The van der Waals surface area contributed by atoms with E-state index in [1.54, 1.807) is 17.1 Å². The molecule has 2 aromatic heterocycles. The molecule has 1 amide bonds. The van der Waals surface area contributed by atoms with Gasteiger partial charge in [-0.15, -0.1) is 0 Å². The van der Waals surface area contributed by atoms with Crippen LogP contribution in [0, 0.1) is 0 Å². The number of imidazole rings is 1. The zero-order valence-corrected chi connectivity index (χ0v) is 13.5. The third-order valence-corrected chi connectivity index (χ3v) is 3.95. The first kappa shape index (κ1) is 15.1. The first-order valence-electron chi connectivity index (χ1n) is 8.11. The van der Waals surface area contributed by atoms with Crippen LogP contribution in [-0.2, 0) is 6.42 Å². The molecular formula is C19H17N5O. The maximum Gasteiger partial charge on any atom is 0.254 e. The van der Waals surface area contributed by atoms with Crippen LogP contribution < -0.4 is 5.32 Å². The van der Waals surface area contributed by atoms with E-state index in [0.29, 0.717) is 18.5 Å². The van der Waals surface area contributed by atoms with Gasteiger partial charge >= 0.3 is 0 Å². The van der Waals surface area contributed by atoms with E-state index in [-0.39, 0.29) is 5.91 Å². The number of carbonyl (C=O) groups is 1. The number of nitrogens with one attached hydrogen (secondary N) is 2. The van der Waals surface area contributed by atoms with Gasteiger partial charge in [0.25, 0.3) is 5.91 Å². The summed E-state index contributed by atoms with van der Waals surface area (Å²) in [6.07, 6.45) is 3.95. The van der Waals surface area contributed by atoms with Crippen LogP contribution in [0.1, 0.15) is 16.2 Å². The summed E-state index contributed by atoms with van der Waals surface area (Å²) in [5.41, 5.74) is 3.40. The van der Waals surface area contributed by atoms with Crippen molar-refractivity contribution in [2.45, 2.75) is 6.42 Å². The van der Waals surface area contributed by atoms with Crippen LogP contribution in [0.4, 0.5) is 0 Å². The normalized spacial score (nSPS) is 10.9. The number of fused-ring (bicyclic) bond motifs is 1. The maximum atomic E-state index is 12.3. The van der Waals surface area contributed by atoms with E-state index in [1.165, 1.54) is 0 Å². The third-order valence-electron chi connectivity index (χ3n) is 3.95. The van der Waals surface area contributed by atoms with Crippen LogP contribution in [-0.4, -0.2) is 32.2 Å². The van der Waals surface area contributed by atoms with Crippen LogP contribution >= 0.6 is 0 Å². The Morgan fingerprint density at radius 3 is 2.72 bits per heavy atom. The Kier molecular flexibility index (Phi) is 4.00. The van der Waals surface area contributed by atoms with Gasteiger partial charge in [0.2, 0.25) is 0 Å². The Labute approximate surface area is 144 Å². The Hall–Kier alpha value is -3.41. The van der Waals surface area contributed by atoms with E-state index < -0.39 is 0 Å². The molecule has 0 aliphatic carbocycles. The second-order valence-corrected chi connectivity index (χ2v) is 5.72. The van der Waals surface area contributed by atoms with Gasteiger partial charge in [0, 0.05) is 19.2 Å². The average molecular weight is 331 g/mol. The third kappa shape index (κ3) is 3.28. The van der Waals surface area contributed by atoms with Gasteiger partial charge in [0.05, 0.1) is 28.5 Å². The topological polar surface area (TPSA) is 75.6 Å². The van der Waals surface area contributed by atoms with Crippen LogP contribution in [0.2, 0.25) is 0 Å². The van der Waals surface area contributed by atoms with Crippen molar-refractivity contribution in [1.82, 2.24) is 25.1 Å². The van der Waals surface area contributed by atoms with Crippen molar-refractivity contribution < 1.29 is 4.79 Å². The molecule has 0 radical (unpaired) electrons. The van der Waals surface area contributed by atoms with Crippen molar-refractivity contribution in [2.24, 2.45) is 0 Å². The molecule has 25 heavy (non-hydrogen) atoms. The average Bonchev–Trinajstić information content (AvgIpc) is 3.29. The summed E-state index contributed by atoms with van der Waals surface area (Å²) >= 11 is 0. The Bertz CT molecular complexity index is 970. The minimum atomic E-state index is -0.140. The molecule has 2 heterocycles. The molecule has 0 spiro atoms. The van der Waals surface area contributed by atoms with E-state index in [9.17, 15) is 4.79 Å². The molecule has 0 fully saturated rings. The molecule has 4 rings (SSSR count). The van der Waals surface area contributed by atoms with Crippen molar-refractivity contribution in [1.29, 1.82) is 0 Å². The first-order valence-corrected chi connectivity index (χ1v) is 8.11. The number of aromatic nitrogens is 4. The van der Waals surface area contributed by atoms with Crippen molar-refractivity contribution in [2.75, 3.05) is 6.54 Å². The molecule has 2 aromatic carbocycles. The van der Waals surface area contributed by atoms with E-state index in [4.69, 9.17) is 0 Å². The van der Waals surface area contributed by atoms with Crippen LogP contribution in [0.5, 0.6) is 0 Å². The van der Waals surface area contributed by atoms with Gasteiger partial charge in [-0.1, -0.05) is 30.3 Å². The predicted molar refractivity (Wildman–Crippen MR) is 95.7 cm³/mol. The molecular weight excluding hydrogens is 314 g/mol. The summed E-state index contributed by atoms with van der Waals surface area (Å²) in [4.78, 5) is 20.0. The molecule has 0 bridgehead atoms. The fourth-order valence-electron chi connectivity index (χ4n) is 2.68. The van der Waals surface area contributed by atoms with Crippen LogP contribution in [0.15, 0.2) is 67.0 Å². The Morgan fingerprint density at radius 1 is 1.08 bits per heavy atom. The standard InChI is InChI=1S/C19H17N5O/c25-19(14-12-21-24(13-14)15-6-2-1-3-7-15)20-11-10-18-22-16-8-4-5-9-17(16)23-18/h1-9,12-13H,10-11H2,(H,20,25)(H,22,23). The molecule has 2 N–H and O–H groups in total. The second-order valence-electron chi connectivity index (χ2n) is 5.72. The number of nitrogens with zero attached hydrogens (tertiary/aromatic N) is 3. The summed E-state index contributed by atoms with van der Waals surface area (Å²) in [6, 6.07) is 17.6. The van der Waals surface area contributed by atoms with E-state index in [1.807, 2.05) is 54.6 Å². The lowest BCUT2D eigenvalue weighted by Crippen LogP contribution is -2.25. The van der Waals surface area contributed by atoms with Crippen LogP contribution in [0.25, 0.3) is 16.7 Å². The van der Waals surface area contributed by atoms with Gasteiger partial charge in [-0.3, -0.25) is 4.79 Å². The number of hydrogen-bond acceptors (Lipinski definition) is 3. The molecule has 124 valence electrons. The summed E-state index contributed by atoms with van der Waals surface area (Å²) in [5, 5.41) is 7.14. The first-order chi connectivity index (χ1) is 12.3. The number of para-hydroxylation sites is 3. The number of amides is 1. The lowest BCUT2D eigenvalue weighted by Gasteiger charge is -2.02. The van der Waals surface area contributed by atoms with Gasteiger partial charge in [-0.05, 0) is 24.3 Å². The van der Waals surface area contributed by atoms with E-state index in [2.05, 4.69) is 20.4 Å². The quantitative estimate of drug-likeness (QED) is 0.590. The van der Waals surface area contributed by atoms with Crippen molar-refractivity contribution in [3.63, 3.8) is 0 Å². The highest BCUT2D eigenvalue weighted by atomic mass is 16.1. The molecule has 0 aliphatic rings. The largest absolute Gasteiger partial charge is 0.351 e. The fourth-order valence-corrected chi connectivity index (χ4v) is 2.68. The van der Waals surface area contributed by atoms with Crippen molar-refractivity contribution >= 4 is 16.9 Å². The molecule has 6 heteroatoms. The Morgan fingerprint density at radius 2 is 1.88 bits per heavy atom. The lowest BCUT2D eigenvalue weighted by atomic mass is 10.3. The number of aromatic amines is 1. The van der Waals surface area contributed by atoms with Gasteiger partial charge < -0.3 is 10.3 Å². The smallest absolute Gasteiger partial charge is 0.254 e. The maximum absolute atomic E-state index is 12.3. The molecule has 0 unspecified atom stereocenters. The summed E-state index contributed by atoms with van der Waals surface area (Å²) in [5.74, 6) is 0.722. The number of rotatable bonds is 5. The second kappa shape index (κ2) is 6.60. The van der Waals surface area contributed by atoms with Crippen LogP contribution in [0.3, 0.4) is 0 Å². The van der Waals surface area contributed by atoms with Gasteiger partial charge in [-0.2, -0.15) is 5.10 Å². The number of carbonyl (C=O) groups excluding carboxylic acids is 1. The van der Waals surface area contributed by atoms with Crippen molar-refractivity contribution in [3.8, 4) is 5.69 Å². The summed E-state index contributed by atoms with van der Waals surface area (Å²) < 4.78 is 1.69. The monoisotopic (exact) mass is 331 g/mol. The number of hydrogen-bond donors (Lipinski definition) is 2.